The molecule has 0 radical (unpaired) electrons. The van der Waals surface area contributed by atoms with Crippen LogP contribution in [-0.2, 0) is 4.79 Å². The van der Waals surface area contributed by atoms with Crippen LogP contribution < -0.4 is 15.4 Å². The minimum absolute atomic E-state index is 0.0295. The average molecular weight is 540 g/mol. The molecule has 8 nitrogen and oxygen atoms in total. The lowest BCUT2D eigenvalue weighted by atomic mass is 9.82. The minimum Gasteiger partial charge on any atom is -0.493 e. The molecular formula is C29H35F2N5O3. The Bertz CT molecular complexity index is 1370. The first kappa shape index (κ1) is 27.0. The Morgan fingerprint density at radius 2 is 1.95 bits per heavy atom. The van der Waals surface area contributed by atoms with Crippen molar-refractivity contribution in [2.75, 3.05) is 6.61 Å². The predicted molar refractivity (Wildman–Crippen MR) is 144 cm³/mol. The van der Waals surface area contributed by atoms with Crippen LogP contribution in [0.1, 0.15) is 80.4 Å². The number of H-pyrrole nitrogens is 1. The molecule has 10 heteroatoms. The Balaban J connectivity index is 1.41. The zero-order valence-electron chi connectivity index (χ0n) is 22.5. The van der Waals surface area contributed by atoms with E-state index in [-0.39, 0.29) is 35.4 Å². The van der Waals surface area contributed by atoms with Crippen molar-refractivity contribution in [3.8, 4) is 17.0 Å². The van der Waals surface area contributed by atoms with Crippen molar-refractivity contribution < 1.29 is 23.1 Å². The third-order valence-electron chi connectivity index (χ3n) is 7.85. The number of aryl methyl sites for hydroxylation is 1. The van der Waals surface area contributed by atoms with Crippen molar-refractivity contribution >= 4 is 22.8 Å². The SMILES string of the molecule is CCC(=O)N[C@@H]1CC[C@H](NC(=O)c2c(C)[nH]c3c(-c4cc(C(F)F)ccc4OCC4CC4)ncnc23)C[C@H]1C. The second kappa shape index (κ2) is 11.3. The van der Waals surface area contributed by atoms with E-state index in [2.05, 4.69) is 32.5 Å². The number of ether oxygens (including phenoxy) is 1. The largest absolute Gasteiger partial charge is 0.493 e. The highest BCUT2D eigenvalue weighted by Crippen LogP contribution is 2.38. The summed E-state index contributed by atoms with van der Waals surface area (Å²) in [6.07, 6.45) is 3.67. The van der Waals surface area contributed by atoms with Gasteiger partial charge in [-0.3, -0.25) is 9.59 Å². The Hall–Kier alpha value is -3.56. The first-order valence-corrected chi connectivity index (χ1v) is 13.7. The molecule has 2 aliphatic carbocycles. The van der Waals surface area contributed by atoms with Gasteiger partial charge >= 0.3 is 0 Å². The second-order valence-electron chi connectivity index (χ2n) is 10.9. The number of hydrogen-bond donors (Lipinski definition) is 3. The quantitative estimate of drug-likeness (QED) is 0.334. The molecule has 2 fully saturated rings. The van der Waals surface area contributed by atoms with Crippen LogP contribution in [0, 0.1) is 18.8 Å². The summed E-state index contributed by atoms with van der Waals surface area (Å²) >= 11 is 0. The maximum Gasteiger partial charge on any atom is 0.263 e. The molecule has 2 aromatic heterocycles. The maximum absolute atomic E-state index is 13.6. The summed E-state index contributed by atoms with van der Waals surface area (Å²) in [6, 6.07) is 4.42. The number of fused-ring (bicyclic) bond motifs is 1. The van der Waals surface area contributed by atoms with Gasteiger partial charge in [0.1, 0.15) is 23.3 Å². The topological polar surface area (TPSA) is 109 Å². The third kappa shape index (κ3) is 5.89. The van der Waals surface area contributed by atoms with Crippen molar-refractivity contribution in [3.05, 3.63) is 41.3 Å². The third-order valence-corrected chi connectivity index (χ3v) is 7.85. The Morgan fingerprint density at radius 3 is 2.64 bits per heavy atom. The van der Waals surface area contributed by atoms with E-state index in [1.165, 1.54) is 18.5 Å². The second-order valence-corrected chi connectivity index (χ2v) is 10.9. The van der Waals surface area contributed by atoms with Gasteiger partial charge in [0, 0.05) is 35.3 Å². The molecule has 39 heavy (non-hydrogen) atoms. The molecule has 0 spiro atoms. The van der Waals surface area contributed by atoms with Crippen LogP contribution in [0.4, 0.5) is 8.78 Å². The fourth-order valence-corrected chi connectivity index (χ4v) is 5.40. The van der Waals surface area contributed by atoms with Crippen molar-refractivity contribution in [2.45, 2.75) is 77.8 Å². The first-order valence-electron chi connectivity index (χ1n) is 13.7. The molecule has 2 amide bonds. The number of nitrogens with one attached hydrogen (secondary N) is 3. The van der Waals surface area contributed by atoms with Gasteiger partial charge in [-0.1, -0.05) is 13.8 Å². The summed E-state index contributed by atoms with van der Waals surface area (Å²) < 4.78 is 33.2. The summed E-state index contributed by atoms with van der Waals surface area (Å²) in [4.78, 5) is 37.4. The Kier molecular flexibility index (Phi) is 7.81. The van der Waals surface area contributed by atoms with Gasteiger partial charge in [-0.25, -0.2) is 18.7 Å². The van der Waals surface area contributed by atoms with E-state index in [0.717, 1.165) is 32.1 Å². The van der Waals surface area contributed by atoms with Crippen LogP contribution in [0.5, 0.6) is 5.75 Å². The van der Waals surface area contributed by atoms with Crippen molar-refractivity contribution in [2.24, 2.45) is 11.8 Å². The van der Waals surface area contributed by atoms with E-state index in [4.69, 9.17) is 4.74 Å². The van der Waals surface area contributed by atoms with Crippen molar-refractivity contribution in [3.63, 3.8) is 0 Å². The van der Waals surface area contributed by atoms with E-state index in [0.29, 0.717) is 58.2 Å². The van der Waals surface area contributed by atoms with Crippen molar-refractivity contribution in [1.29, 1.82) is 0 Å². The summed E-state index contributed by atoms with van der Waals surface area (Å²) in [7, 11) is 0. The fraction of sp³-hybridized carbons (Fsp3) is 0.517. The molecule has 2 aliphatic rings. The molecule has 0 bridgehead atoms. The van der Waals surface area contributed by atoms with Crippen LogP contribution in [0.15, 0.2) is 24.5 Å². The summed E-state index contributed by atoms with van der Waals surface area (Å²) in [5.74, 6) is 0.989. The zero-order chi connectivity index (χ0) is 27.7. The van der Waals surface area contributed by atoms with Crippen LogP contribution >= 0.6 is 0 Å². The number of halogens is 2. The average Bonchev–Trinajstić information content (AvgIpc) is 3.68. The number of alkyl halides is 2. The predicted octanol–water partition coefficient (Wildman–Crippen LogP) is 5.47. The number of aromatic amines is 1. The van der Waals surface area contributed by atoms with E-state index in [1.54, 1.807) is 13.0 Å². The van der Waals surface area contributed by atoms with Gasteiger partial charge in [-0.05, 0) is 69.1 Å². The monoisotopic (exact) mass is 539 g/mol. The number of hydrogen-bond acceptors (Lipinski definition) is 5. The number of benzene rings is 1. The Labute approximate surface area is 226 Å². The summed E-state index contributed by atoms with van der Waals surface area (Å²) in [5.41, 5.74) is 2.69. The molecule has 3 N–H and O–H groups in total. The van der Waals surface area contributed by atoms with Gasteiger partial charge < -0.3 is 20.4 Å². The van der Waals surface area contributed by atoms with Crippen LogP contribution in [0.3, 0.4) is 0 Å². The van der Waals surface area contributed by atoms with E-state index in [1.807, 2.05) is 6.92 Å². The van der Waals surface area contributed by atoms with Gasteiger partial charge in [0.05, 0.1) is 17.7 Å². The van der Waals surface area contributed by atoms with Crippen LogP contribution in [0.25, 0.3) is 22.3 Å². The number of rotatable bonds is 9. The maximum atomic E-state index is 13.6. The van der Waals surface area contributed by atoms with Gasteiger partial charge in [-0.15, -0.1) is 0 Å². The highest BCUT2D eigenvalue weighted by Gasteiger charge is 2.31. The molecule has 208 valence electrons. The molecule has 5 rings (SSSR count). The number of carbonyl (C=O) groups excluding carboxylic acids is 2. The van der Waals surface area contributed by atoms with Crippen LogP contribution in [0.2, 0.25) is 0 Å². The lowest BCUT2D eigenvalue weighted by Crippen LogP contribution is -2.48. The van der Waals surface area contributed by atoms with Gasteiger partial charge in [-0.2, -0.15) is 0 Å². The molecule has 0 aliphatic heterocycles. The molecule has 2 heterocycles. The lowest BCUT2D eigenvalue weighted by molar-refractivity contribution is -0.122. The number of amides is 2. The molecule has 2 saturated carbocycles. The minimum atomic E-state index is -2.64. The van der Waals surface area contributed by atoms with E-state index in [9.17, 15) is 18.4 Å². The fourth-order valence-electron chi connectivity index (χ4n) is 5.40. The number of aromatic nitrogens is 3. The van der Waals surface area contributed by atoms with E-state index >= 15 is 0 Å². The van der Waals surface area contributed by atoms with Crippen LogP contribution in [-0.4, -0.2) is 45.5 Å². The molecule has 3 aromatic rings. The number of carbonyl (C=O) groups is 2. The number of nitrogens with zero attached hydrogens (tertiary/aromatic N) is 2. The van der Waals surface area contributed by atoms with Gasteiger partial charge in [0.25, 0.3) is 12.3 Å². The molecular weight excluding hydrogens is 504 g/mol. The summed E-state index contributed by atoms with van der Waals surface area (Å²) in [6.45, 7) is 6.24. The lowest BCUT2D eigenvalue weighted by Gasteiger charge is -2.35. The molecule has 0 saturated heterocycles. The standard InChI is InChI=1S/C29H35F2N5O3/c1-4-23(37)36-21-9-8-19(11-15(21)2)35-29(38)24-16(3)34-27-25(32-14-33-26(24)27)20-12-18(28(30)31)7-10-22(20)39-13-17-5-6-17/h7,10,12,14-15,17,19,21,28,34H,4-6,8-9,11,13H2,1-3H3,(H,35,38)(H,36,37)/t15-,19+,21-/m1/s1. The van der Waals surface area contributed by atoms with Gasteiger partial charge in [0.2, 0.25) is 5.91 Å². The van der Waals surface area contributed by atoms with Crippen molar-refractivity contribution in [1.82, 2.24) is 25.6 Å². The smallest absolute Gasteiger partial charge is 0.263 e. The molecule has 1 aromatic carbocycles. The molecule has 0 unspecified atom stereocenters. The Morgan fingerprint density at radius 1 is 1.15 bits per heavy atom. The van der Waals surface area contributed by atoms with Gasteiger partial charge in [0.15, 0.2) is 0 Å². The van der Waals surface area contributed by atoms with E-state index < -0.39 is 6.43 Å². The zero-order valence-corrected chi connectivity index (χ0v) is 22.5. The molecule has 3 atom stereocenters. The highest BCUT2D eigenvalue weighted by atomic mass is 19.3. The first-order chi connectivity index (χ1) is 18.7. The highest BCUT2D eigenvalue weighted by molar-refractivity contribution is 6.09. The normalized spacial score (nSPS) is 21.2. The summed E-state index contributed by atoms with van der Waals surface area (Å²) in [5, 5.41) is 6.23.